The molecule has 1 spiro atoms. The van der Waals surface area contributed by atoms with E-state index in [4.69, 9.17) is 16.3 Å². The molecule has 1 aromatic carbocycles. The summed E-state index contributed by atoms with van der Waals surface area (Å²) >= 11 is 5.99. The van der Waals surface area contributed by atoms with E-state index in [2.05, 4.69) is 11.9 Å². The number of hydrogen-bond donors (Lipinski definition) is 0. The van der Waals surface area contributed by atoms with Crippen molar-refractivity contribution in [3.05, 3.63) is 34.9 Å². The second-order valence-corrected chi connectivity index (χ2v) is 7.27. The van der Waals surface area contributed by atoms with Crippen molar-refractivity contribution in [3.8, 4) is 0 Å². The van der Waals surface area contributed by atoms with Crippen LogP contribution in [0.5, 0.6) is 0 Å². The van der Waals surface area contributed by atoms with E-state index < -0.39 is 0 Å². The molecule has 1 aromatic rings. The van der Waals surface area contributed by atoms with Crippen LogP contribution in [0.15, 0.2) is 24.3 Å². The summed E-state index contributed by atoms with van der Waals surface area (Å²) in [6, 6.07) is 7.21. The van der Waals surface area contributed by atoms with Crippen LogP contribution in [0.1, 0.15) is 30.1 Å². The number of likely N-dealkylation sites (tertiary alicyclic amines) is 2. The molecule has 23 heavy (non-hydrogen) atoms. The van der Waals surface area contributed by atoms with Crippen LogP contribution in [0.3, 0.4) is 0 Å². The lowest BCUT2D eigenvalue weighted by molar-refractivity contribution is -0.0751. The molecular formula is C18H25ClN2O2. The Balaban J connectivity index is 1.62. The maximum absolute atomic E-state index is 12.6. The van der Waals surface area contributed by atoms with E-state index in [1.165, 1.54) is 6.42 Å². The van der Waals surface area contributed by atoms with Gasteiger partial charge in [-0.15, -0.1) is 0 Å². The third-order valence-electron chi connectivity index (χ3n) is 5.24. The van der Waals surface area contributed by atoms with Crippen LogP contribution in [0.4, 0.5) is 0 Å². The number of hydrogen-bond acceptors (Lipinski definition) is 3. The number of rotatable bonds is 4. The fraction of sp³-hybridized carbons (Fsp3) is 0.611. The molecule has 2 aliphatic heterocycles. The van der Waals surface area contributed by atoms with Gasteiger partial charge in [0.2, 0.25) is 0 Å². The van der Waals surface area contributed by atoms with Gasteiger partial charge in [0.15, 0.2) is 0 Å². The van der Waals surface area contributed by atoms with Crippen LogP contribution in [0.25, 0.3) is 0 Å². The number of nitrogens with zero attached hydrogens (tertiary/aromatic N) is 2. The molecule has 3 rings (SSSR count). The van der Waals surface area contributed by atoms with Crippen molar-refractivity contribution in [1.29, 1.82) is 0 Å². The van der Waals surface area contributed by atoms with Gasteiger partial charge >= 0.3 is 0 Å². The Morgan fingerprint density at radius 1 is 1.43 bits per heavy atom. The van der Waals surface area contributed by atoms with Crippen molar-refractivity contribution in [3.63, 3.8) is 0 Å². The lowest BCUT2D eigenvalue weighted by Gasteiger charge is -2.58. The topological polar surface area (TPSA) is 32.8 Å². The molecule has 126 valence electrons. The van der Waals surface area contributed by atoms with Gasteiger partial charge in [-0.25, -0.2) is 0 Å². The molecule has 1 atom stereocenters. The molecule has 0 saturated carbocycles. The molecule has 0 aliphatic carbocycles. The molecule has 4 nitrogen and oxygen atoms in total. The molecule has 2 heterocycles. The lowest BCUT2D eigenvalue weighted by atomic mass is 9.75. The Labute approximate surface area is 143 Å². The van der Waals surface area contributed by atoms with Gasteiger partial charge < -0.3 is 9.64 Å². The van der Waals surface area contributed by atoms with E-state index in [0.717, 1.165) is 39.3 Å². The SMILES string of the molecule is CCOCC1CCN(C)C2(C1)CN(C(=O)c1cccc(Cl)c1)C2. The van der Waals surface area contributed by atoms with Gasteiger partial charge in [0.25, 0.3) is 5.91 Å². The zero-order chi connectivity index (χ0) is 16.4. The minimum absolute atomic E-state index is 0.0819. The normalized spacial score (nSPS) is 23.8. The highest BCUT2D eigenvalue weighted by Gasteiger charge is 2.50. The summed E-state index contributed by atoms with van der Waals surface area (Å²) in [6.07, 6.45) is 2.29. The third-order valence-corrected chi connectivity index (χ3v) is 5.47. The lowest BCUT2D eigenvalue weighted by Crippen LogP contribution is -2.72. The van der Waals surface area contributed by atoms with Crippen molar-refractivity contribution < 1.29 is 9.53 Å². The quantitative estimate of drug-likeness (QED) is 0.847. The average molecular weight is 337 g/mol. The van der Waals surface area contributed by atoms with Crippen LogP contribution < -0.4 is 0 Å². The number of likely N-dealkylation sites (N-methyl/N-ethyl adjacent to an activating group) is 1. The van der Waals surface area contributed by atoms with Crippen LogP contribution in [-0.4, -0.2) is 61.1 Å². The second kappa shape index (κ2) is 6.80. The van der Waals surface area contributed by atoms with Gasteiger partial charge in [0.05, 0.1) is 5.54 Å². The molecule has 2 fully saturated rings. The smallest absolute Gasteiger partial charge is 0.254 e. The Bertz CT molecular complexity index is 570. The number of carbonyl (C=O) groups is 1. The predicted molar refractivity (Wildman–Crippen MR) is 91.9 cm³/mol. The van der Waals surface area contributed by atoms with E-state index >= 15 is 0 Å². The predicted octanol–water partition coefficient (Wildman–Crippen LogP) is 2.91. The van der Waals surface area contributed by atoms with E-state index in [1.807, 2.05) is 24.0 Å². The molecule has 1 unspecified atom stereocenters. The maximum atomic E-state index is 12.6. The molecule has 2 aliphatic rings. The van der Waals surface area contributed by atoms with Gasteiger partial charge in [0, 0.05) is 36.9 Å². The Morgan fingerprint density at radius 2 is 2.22 bits per heavy atom. The molecular weight excluding hydrogens is 312 g/mol. The number of benzene rings is 1. The zero-order valence-electron chi connectivity index (χ0n) is 13.9. The minimum Gasteiger partial charge on any atom is -0.381 e. The highest BCUT2D eigenvalue weighted by Crippen LogP contribution is 2.39. The van der Waals surface area contributed by atoms with Gasteiger partial charge in [0.1, 0.15) is 0 Å². The Morgan fingerprint density at radius 3 is 2.91 bits per heavy atom. The van der Waals surface area contributed by atoms with E-state index in [1.54, 1.807) is 12.1 Å². The van der Waals surface area contributed by atoms with Crippen molar-refractivity contribution in [2.45, 2.75) is 25.3 Å². The average Bonchev–Trinajstić information content (AvgIpc) is 2.51. The highest BCUT2D eigenvalue weighted by atomic mass is 35.5. The first-order chi connectivity index (χ1) is 11.0. The summed E-state index contributed by atoms with van der Waals surface area (Å²) in [4.78, 5) is 17.0. The fourth-order valence-electron chi connectivity index (χ4n) is 3.82. The molecule has 0 bridgehead atoms. The number of carbonyl (C=O) groups excluding carboxylic acids is 1. The van der Waals surface area contributed by atoms with E-state index in [0.29, 0.717) is 16.5 Å². The van der Waals surface area contributed by atoms with Crippen molar-refractivity contribution in [2.24, 2.45) is 5.92 Å². The molecule has 0 N–H and O–H groups in total. The summed E-state index contributed by atoms with van der Waals surface area (Å²) in [5.74, 6) is 0.688. The van der Waals surface area contributed by atoms with Gasteiger partial charge in [-0.05, 0) is 57.5 Å². The molecule has 1 amide bonds. The summed E-state index contributed by atoms with van der Waals surface area (Å²) in [6.45, 7) is 6.35. The van der Waals surface area contributed by atoms with Gasteiger partial charge in [-0.2, -0.15) is 0 Å². The van der Waals surface area contributed by atoms with Crippen LogP contribution in [-0.2, 0) is 4.74 Å². The second-order valence-electron chi connectivity index (χ2n) is 6.84. The monoisotopic (exact) mass is 336 g/mol. The molecule has 0 aromatic heterocycles. The van der Waals surface area contributed by atoms with Crippen molar-refractivity contribution in [1.82, 2.24) is 9.80 Å². The zero-order valence-corrected chi connectivity index (χ0v) is 14.7. The minimum atomic E-state index is 0.0819. The maximum Gasteiger partial charge on any atom is 0.254 e. The van der Waals surface area contributed by atoms with Crippen LogP contribution in [0.2, 0.25) is 5.02 Å². The van der Waals surface area contributed by atoms with Gasteiger partial charge in [-0.1, -0.05) is 17.7 Å². The van der Waals surface area contributed by atoms with Crippen LogP contribution >= 0.6 is 11.6 Å². The number of amides is 1. The largest absolute Gasteiger partial charge is 0.381 e. The first kappa shape index (κ1) is 16.7. The molecule has 2 saturated heterocycles. The third kappa shape index (κ3) is 3.39. The number of halogens is 1. The molecule has 0 radical (unpaired) electrons. The summed E-state index contributed by atoms with van der Waals surface area (Å²) in [5.41, 5.74) is 0.811. The Hall–Kier alpha value is -1.10. The van der Waals surface area contributed by atoms with E-state index in [9.17, 15) is 4.79 Å². The summed E-state index contributed by atoms with van der Waals surface area (Å²) in [5, 5.41) is 0.609. The summed E-state index contributed by atoms with van der Waals surface area (Å²) < 4.78 is 5.61. The van der Waals surface area contributed by atoms with E-state index in [-0.39, 0.29) is 11.4 Å². The summed E-state index contributed by atoms with van der Waals surface area (Å²) in [7, 11) is 2.18. The fourth-order valence-corrected chi connectivity index (χ4v) is 4.01. The van der Waals surface area contributed by atoms with Crippen molar-refractivity contribution >= 4 is 17.5 Å². The number of piperidine rings is 1. The van der Waals surface area contributed by atoms with Crippen LogP contribution in [0, 0.1) is 5.92 Å². The number of ether oxygens (including phenoxy) is 1. The van der Waals surface area contributed by atoms with Gasteiger partial charge in [-0.3, -0.25) is 9.69 Å². The first-order valence-electron chi connectivity index (χ1n) is 8.38. The standard InChI is InChI=1S/C18H25ClN2O2/c1-3-23-11-14-7-8-20(2)18(10-14)12-21(13-18)17(22)15-5-4-6-16(19)9-15/h4-6,9,14H,3,7-8,10-13H2,1-2H3. The Kier molecular flexibility index (Phi) is 4.95. The first-order valence-corrected chi connectivity index (χ1v) is 8.76. The van der Waals surface area contributed by atoms with Crippen molar-refractivity contribution in [2.75, 3.05) is 39.9 Å². The highest BCUT2D eigenvalue weighted by molar-refractivity contribution is 6.30. The molecule has 5 heteroatoms.